The van der Waals surface area contributed by atoms with Gasteiger partial charge in [-0.25, -0.2) is 0 Å². The molecule has 4 heterocycles. The number of hydrogen-bond acceptors (Lipinski definition) is 3. The summed E-state index contributed by atoms with van der Waals surface area (Å²) in [5.41, 5.74) is 20.8. The van der Waals surface area contributed by atoms with E-state index >= 15 is 0 Å². The molecule has 7 heteroatoms. The van der Waals surface area contributed by atoms with Crippen LogP contribution in [0.3, 0.4) is 0 Å². The van der Waals surface area contributed by atoms with E-state index in [1.165, 1.54) is 127 Å². The molecule has 14 rings (SSSR count). The summed E-state index contributed by atoms with van der Waals surface area (Å²) < 4.78 is 11.2. The van der Waals surface area contributed by atoms with E-state index < -0.39 is 0 Å². The summed E-state index contributed by atoms with van der Waals surface area (Å²) in [5.74, 6) is 0. The average molecular weight is 1230 g/mol. The van der Waals surface area contributed by atoms with Crippen molar-refractivity contribution in [1.82, 2.24) is 4.57 Å². The molecule has 0 fully saturated rings. The summed E-state index contributed by atoms with van der Waals surface area (Å²) in [6.07, 6.45) is 0. The molecule has 2 aliphatic rings. The number of fused-ring (bicyclic) bond motifs is 11. The Kier molecular flexibility index (Phi) is 12.8. The first-order valence-electron chi connectivity index (χ1n) is 29.3. The Hall–Kier alpha value is -7.08. The Morgan fingerprint density at radius 3 is 1.24 bits per heavy atom. The summed E-state index contributed by atoms with van der Waals surface area (Å²) in [7, 11) is 0. The molecule has 83 heavy (non-hydrogen) atoms. The van der Waals surface area contributed by atoms with E-state index in [0.717, 1.165) is 11.4 Å². The van der Waals surface area contributed by atoms with Crippen molar-refractivity contribution in [2.75, 3.05) is 9.80 Å². The van der Waals surface area contributed by atoms with Crippen molar-refractivity contribution < 1.29 is 0 Å². The van der Waals surface area contributed by atoms with Gasteiger partial charge in [0, 0.05) is 0 Å². The SMILES string of the molecule is CC(C)(C)c1ccc(N(c2ccc(C(C)(C)C)cc2)c2ccc3c(c2)[Se]c2cc(-n4c5ccccc5c5ccccc54)cc4c2B3c2c(cc(N(c3ccc(C(C)(C)C)cc3)c3ccc(C(C)(C)C)cc3)c3c2sc2ccccc23)[Se]4)cc1. The summed E-state index contributed by atoms with van der Waals surface area (Å²) in [4.78, 5) is 5.07. The van der Waals surface area contributed by atoms with Crippen molar-refractivity contribution in [1.29, 1.82) is 0 Å². The van der Waals surface area contributed by atoms with E-state index in [9.17, 15) is 0 Å². The molecule has 0 aliphatic carbocycles. The van der Waals surface area contributed by atoms with Crippen LogP contribution in [0.2, 0.25) is 0 Å². The Morgan fingerprint density at radius 2 is 0.771 bits per heavy atom. The van der Waals surface area contributed by atoms with Crippen molar-refractivity contribution in [3.05, 3.63) is 229 Å². The second-order valence-electron chi connectivity index (χ2n) is 27.1. The monoisotopic (exact) mass is 1230 g/mol. The fraction of sp³-hybridized carbons (Fsp3) is 0.211. The first-order valence-corrected chi connectivity index (χ1v) is 33.6. The number of para-hydroxylation sites is 2. The van der Waals surface area contributed by atoms with Gasteiger partial charge in [-0.1, -0.05) is 0 Å². The number of nitrogens with zero attached hydrogens (tertiary/aromatic N) is 3. The Morgan fingerprint density at radius 1 is 0.373 bits per heavy atom. The zero-order valence-electron chi connectivity index (χ0n) is 49.8. The Balaban J connectivity index is 1.03. The summed E-state index contributed by atoms with van der Waals surface area (Å²) in [6.45, 7) is 27.7. The summed E-state index contributed by atoms with van der Waals surface area (Å²) >= 11 is 1.97. The van der Waals surface area contributed by atoms with Gasteiger partial charge in [-0.15, -0.1) is 0 Å². The third-order valence-electron chi connectivity index (χ3n) is 17.3. The van der Waals surface area contributed by atoms with E-state index in [1.807, 2.05) is 11.3 Å². The van der Waals surface area contributed by atoms with Crippen LogP contribution < -0.4 is 44.0 Å². The van der Waals surface area contributed by atoms with E-state index in [4.69, 9.17) is 0 Å². The Labute approximate surface area is 507 Å². The average Bonchev–Trinajstić information content (AvgIpc) is 2.04. The first kappa shape index (κ1) is 53.9. The van der Waals surface area contributed by atoms with Crippen LogP contribution in [0.1, 0.15) is 105 Å². The zero-order chi connectivity index (χ0) is 57.5. The van der Waals surface area contributed by atoms with Crippen molar-refractivity contribution in [3.63, 3.8) is 0 Å². The number of anilines is 6. The predicted molar refractivity (Wildman–Crippen MR) is 365 cm³/mol. The van der Waals surface area contributed by atoms with Gasteiger partial charge in [0.15, 0.2) is 0 Å². The van der Waals surface area contributed by atoms with Crippen molar-refractivity contribution in [3.8, 4) is 5.69 Å². The van der Waals surface area contributed by atoms with Crippen LogP contribution in [0.25, 0.3) is 47.7 Å². The van der Waals surface area contributed by atoms with Gasteiger partial charge in [0.05, 0.1) is 0 Å². The third kappa shape index (κ3) is 9.31. The number of hydrogen-bond donors (Lipinski definition) is 0. The molecular formula is C76H70BN3SSe2. The molecule has 12 aromatic rings. The maximum atomic E-state index is 2.64. The van der Waals surface area contributed by atoms with Gasteiger partial charge in [-0.3, -0.25) is 0 Å². The molecule has 0 unspecified atom stereocenters. The molecular weight excluding hydrogens is 1160 g/mol. The molecule has 0 N–H and O–H groups in total. The van der Waals surface area contributed by atoms with Crippen LogP contribution >= 0.6 is 11.3 Å². The van der Waals surface area contributed by atoms with Crippen LogP contribution in [0.4, 0.5) is 34.1 Å². The number of benzene rings is 10. The standard InChI is InChI=1S/C76H70BN3SSe2/c1-73(2,3)47-25-33-51(34-26-47)78(52-35-27-48(28-36-52)74(4,5)6)55-41-42-60-65(43-55)82-66-44-56(80-61-22-16-13-19-57(61)58-20-14-17-23-62(58)80)45-67-70(66)77(60)71-68(83-67)46-63(69-59-21-15-18-24-64(59)81-72(69)71)79(53-37-29-49(30-38-53)75(7,8)9)54-39-31-50(32-40-54)76(10,11)12/h13-46H,1-12H3. The van der Waals surface area contributed by atoms with Crippen molar-refractivity contribution in [2.45, 2.75) is 105 Å². The van der Waals surface area contributed by atoms with Crippen LogP contribution in [-0.2, 0) is 21.7 Å². The Bertz CT molecular complexity index is 4340. The fourth-order valence-electron chi connectivity index (χ4n) is 12.8. The molecule has 10 aromatic carbocycles. The fourth-order valence-corrected chi connectivity index (χ4v) is 19.8. The summed E-state index contributed by atoms with van der Waals surface area (Å²) in [6, 6.07) is 80.0. The van der Waals surface area contributed by atoms with Crippen molar-refractivity contribution in [2.24, 2.45) is 0 Å². The van der Waals surface area contributed by atoms with E-state index in [2.05, 4.69) is 304 Å². The zero-order valence-corrected chi connectivity index (χ0v) is 54.0. The maximum absolute atomic E-state index is 2.64. The molecule has 2 aromatic heterocycles. The minimum absolute atomic E-state index is 0.000583. The van der Waals surface area contributed by atoms with E-state index in [-0.39, 0.29) is 58.3 Å². The number of rotatable bonds is 7. The molecule has 0 spiro atoms. The van der Waals surface area contributed by atoms with Crippen LogP contribution in [-0.4, -0.2) is 41.2 Å². The first-order chi connectivity index (χ1) is 39.7. The normalized spacial score (nSPS) is 13.4. The minimum atomic E-state index is -0.0234. The molecule has 2 aliphatic heterocycles. The van der Waals surface area contributed by atoms with Gasteiger partial charge in [-0.2, -0.15) is 0 Å². The van der Waals surface area contributed by atoms with Gasteiger partial charge in [0.1, 0.15) is 0 Å². The molecule has 0 saturated heterocycles. The van der Waals surface area contributed by atoms with E-state index in [1.54, 1.807) is 0 Å². The van der Waals surface area contributed by atoms with Crippen LogP contribution in [0.15, 0.2) is 206 Å². The number of thiophene rings is 1. The molecule has 0 radical (unpaired) electrons. The predicted octanol–water partition coefficient (Wildman–Crippen LogP) is 15.7. The molecule has 3 nitrogen and oxygen atoms in total. The van der Waals surface area contributed by atoms with Gasteiger partial charge in [0.25, 0.3) is 0 Å². The van der Waals surface area contributed by atoms with Gasteiger partial charge in [0.2, 0.25) is 0 Å². The molecule has 410 valence electrons. The third-order valence-corrected chi connectivity index (χ3v) is 23.3. The topological polar surface area (TPSA) is 11.4 Å². The second-order valence-corrected chi connectivity index (χ2v) is 32.7. The van der Waals surface area contributed by atoms with Gasteiger partial charge in [-0.05, 0) is 0 Å². The van der Waals surface area contributed by atoms with Gasteiger partial charge >= 0.3 is 512 Å². The van der Waals surface area contributed by atoms with Crippen LogP contribution in [0.5, 0.6) is 0 Å². The second kappa shape index (κ2) is 19.8. The summed E-state index contributed by atoms with van der Waals surface area (Å²) in [5, 5.41) is 5.23. The van der Waals surface area contributed by atoms with Crippen molar-refractivity contribution >= 4 is 158 Å². The van der Waals surface area contributed by atoms with E-state index in [0.29, 0.717) is 0 Å². The quantitative estimate of drug-likeness (QED) is 0.147. The number of aromatic nitrogens is 1. The molecule has 0 saturated carbocycles. The van der Waals surface area contributed by atoms with Crippen LogP contribution in [0, 0.1) is 0 Å². The van der Waals surface area contributed by atoms with Gasteiger partial charge < -0.3 is 0 Å². The molecule has 0 bridgehead atoms. The molecule has 0 atom stereocenters. The molecule has 0 amide bonds.